The maximum atomic E-state index is 16.4. The van der Waals surface area contributed by atoms with E-state index in [1.807, 2.05) is 0 Å². The zero-order chi connectivity index (χ0) is 31.3. The van der Waals surface area contributed by atoms with Crippen molar-refractivity contribution in [2.75, 3.05) is 26.2 Å². The van der Waals surface area contributed by atoms with Gasteiger partial charge in [0.1, 0.15) is 30.5 Å². The average Bonchev–Trinajstić information content (AvgIpc) is 2.93. The van der Waals surface area contributed by atoms with E-state index in [0.29, 0.717) is 5.06 Å². The van der Waals surface area contributed by atoms with Gasteiger partial charge in [0.15, 0.2) is 24.7 Å². The highest BCUT2D eigenvalue weighted by molar-refractivity contribution is 5.76. The van der Waals surface area contributed by atoms with Gasteiger partial charge in [0.2, 0.25) is 5.91 Å². The number of halogens is 1. The maximum Gasteiger partial charge on any atom is 0.246 e. The van der Waals surface area contributed by atoms with E-state index in [4.69, 9.17) is 53.3 Å². The minimum Gasteiger partial charge on any atom is -0.394 e. The van der Waals surface area contributed by atoms with Gasteiger partial charge in [-0.15, -0.1) is 0 Å². The van der Waals surface area contributed by atoms with Gasteiger partial charge in [0.05, 0.1) is 37.5 Å². The summed E-state index contributed by atoms with van der Waals surface area (Å²) in [5.41, 5.74) is 34.3. The van der Waals surface area contributed by atoms with Crippen molar-refractivity contribution in [1.82, 2.24) is 5.06 Å². The number of hydroxylamine groups is 2. The van der Waals surface area contributed by atoms with E-state index >= 15 is 4.39 Å². The third kappa shape index (κ3) is 8.00. The van der Waals surface area contributed by atoms with Crippen molar-refractivity contribution >= 4 is 11.9 Å². The largest absolute Gasteiger partial charge is 0.394 e. The second-order valence-corrected chi connectivity index (χ2v) is 10.8. The van der Waals surface area contributed by atoms with Crippen LogP contribution < -0.4 is 34.4 Å². The molecule has 3 fully saturated rings. The molecule has 18 nitrogen and oxygen atoms in total. The van der Waals surface area contributed by atoms with Crippen molar-refractivity contribution in [2.24, 2.45) is 45.3 Å². The normalized spacial score (nSPS) is 42.6. The Morgan fingerprint density at radius 2 is 1.62 bits per heavy atom. The Hall–Kier alpha value is -1.85. The van der Waals surface area contributed by atoms with Crippen LogP contribution in [0, 0.1) is 5.92 Å². The number of carbonyl (C=O) groups is 1. The molecule has 42 heavy (non-hydrogen) atoms. The topological polar surface area (TPSA) is 327 Å². The minimum atomic E-state index is -2.08. The van der Waals surface area contributed by atoms with Crippen LogP contribution in [0.1, 0.15) is 19.3 Å². The van der Waals surface area contributed by atoms with Gasteiger partial charge in [-0.3, -0.25) is 10.0 Å². The van der Waals surface area contributed by atoms with Crippen molar-refractivity contribution in [2.45, 2.75) is 98.9 Å². The summed E-state index contributed by atoms with van der Waals surface area (Å²) in [6.45, 7) is -0.991. The van der Waals surface area contributed by atoms with E-state index in [1.54, 1.807) is 0 Å². The number of nitrogens with two attached hydrogens (primary N) is 6. The average molecular weight is 613 g/mol. The number of ether oxygens (including phenoxy) is 4. The van der Waals surface area contributed by atoms with Gasteiger partial charge in [-0.2, -0.15) is 0 Å². The standard InChI is InChI=1S/C23H45FN8O10/c24-15-19(41-22-18(37)16(31-23(29)30)17(36)13(7-33)40-22)8(4-14(35)32(38)2-1-25)3-9(27)20(15)42-21-10(28)5-11(34)12(6-26)39-21/h8-13,15-22,33-34,36-38H,1-7,25-28H2,(H4,29,30,31)/t8-,9?,10?,11-,12?,13+,15+,16?,17+,18+,19?,20+,21+,22?/m0/s1. The Bertz CT molecular complexity index is 909. The van der Waals surface area contributed by atoms with Gasteiger partial charge in [0.25, 0.3) is 0 Å². The molecule has 1 aliphatic carbocycles. The van der Waals surface area contributed by atoms with Gasteiger partial charge < -0.3 is 73.8 Å². The fourth-order valence-electron chi connectivity index (χ4n) is 5.50. The number of aliphatic hydroxyl groups excluding tert-OH is 4. The molecule has 1 saturated carbocycles. The fraction of sp³-hybridized carbons (Fsp3) is 0.913. The summed E-state index contributed by atoms with van der Waals surface area (Å²) in [6, 6.07) is -3.28. The maximum absolute atomic E-state index is 16.4. The van der Waals surface area contributed by atoms with Crippen LogP contribution in [0.25, 0.3) is 0 Å². The first-order valence-electron chi connectivity index (χ1n) is 13.7. The number of aliphatic imine (C=N–C) groups is 1. The van der Waals surface area contributed by atoms with Gasteiger partial charge in [-0.25, -0.2) is 14.4 Å². The third-order valence-electron chi connectivity index (χ3n) is 7.72. The molecule has 19 heteroatoms. The van der Waals surface area contributed by atoms with E-state index < -0.39 is 110 Å². The number of carbonyl (C=O) groups excluding carboxylic acids is 1. The summed E-state index contributed by atoms with van der Waals surface area (Å²) < 4.78 is 39.3. The van der Waals surface area contributed by atoms with Crippen LogP contribution in [0.2, 0.25) is 0 Å². The van der Waals surface area contributed by atoms with Crippen molar-refractivity contribution in [3.05, 3.63) is 0 Å². The predicted octanol–water partition coefficient (Wildman–Crippen LogP) is -6.15. The number of aliphatic hydroxyl groups is 4. The number of guanidine groups is 1. The Labute approximate surface area is 241 Å². The van der Waals surface area contributed by atoms with Crippen LogP contribution >= 0.6 is 0 Å². The Balaban J connectivity index is 1.88. The molecule has 0 aromatic heterocycles. The van der Waals surface area contributed by atoms with Gasteiger partial charge in [0, 0.05) is 25.6 Å². The molecule has 3 rings (SSSR count). The lowest BCUT2D eigenvalue weighted by Crippen LogP contribution is -2.64. The zero-order valence-corrected chi connectivity index (χ0v) is 23.0. The second kappa shape index (κ2) is 15.2. The van der Waals surface area contributed by atoms with Crippen LogP contribution in [-0.2, 0) is 23.7 Å². The van der Waals surface area contributed by atoms with E-state index in [1.165, 1.54) is 0 Å². The highest BCUT2D eigenvalue weighted by atomic mass is 19.1. The molecule has 17 N–H and O–H groups in total. The molecular formula is C23H45FN8O10. The highest BCUT2D eigenvalue weighted by Gasteiger charge is 2.52. The summed E-state index contributed by atoms with van der Waals surface area (Å²) in [6.07, 6.45) is -14.7. The third-order valence-corrected chi connectivity index (χ3v) is 7.72. The lowest BCUT2D eigenvalue weighted by molar-refractivity contribution is -0.314. The molecule has 244 valence electrons. The number of amides is 1. The predicted molar refractivity (Wildman–Crippen MR) is 142 cm³/mol. The number of nitrogens with zero attached hydrogens (tertiary/aromatic N) is 2. The molecule has 0 spiro atoms. The van der Waals surface area contributed by atoms with Crippen LogP contribution in [-0.4, -0.2) is 148 Å². The summed E-state index contributed by atoms with van der Waals surface area (Å²) in [7, 11) is 0. The Morgan fingerprint density at radius 1 is 0.976 bits per heavy atom. The van der Waals surface area contributed by atoms with Crippen LogP contribution in [0.4, 0.5) is 4.39 Å². The van der Waals surface area contributed by atoms with Gasteiger partial charge in [-0.1, -0.05) is 0 Å². The molecule has 2 heterocycles. The molecular weight excluding hydrogens is 567 g/mol. The number of rotatable bonds is 11. The Morgan fingerprint density at radius 3 is 2.21 bits per heavy atom. The summed E-state index contributed by atoms with van der Waals surface area (Å²) >= 11 is 0. The summed E-state index contributed by atoms with van der Waals surface area (Å²) in [4.78, 5) is 16.5. The molecule has 14 atom stereocenters. The highest BCUT2D eigenvalue weighted by Crippen LogP contribution is 2.37. The molecule has 0 bridgehead atoms. The van der Waals surface area contributed by atoms with E-state index in [0.717, 1.165) is 0 Å². The van der Waals surface area contributed by atoms with Crippen molar-refractivity contribution in [3.8, 4) is 0 Å². The van der Waals surface area contributed by atoms with Crippen LogP contribution in [0.5, 0.6) is 0 Å². The van der Waals surface area contributed by atoms with Crippen LogP contribution in [0.15, 0.2) is 4.99 Å². The molecule has 1 amide bonds. The summed E-state index contributed by atoms with van der Waals surface area (Å²) in [5.74, 6) is -2.25. The van der Waals surface area contributed by atoms with Crippen molar-refractivity contribution < 1.29 is 53.8 Å². The first-order valence-corrected chi connectivity index (χ1v) is 13.7. The van der Waals surface area contributed by atoms with Crippen molar-refractivity contribution in [1.29, 1.82) is 0 Å². The van der Waals surface area contributed by atoms with E-state index in [-0.39, 0.29) is 32.5 Å². The number of hydrogen-bond acceptors (Lipinski definition) is 15. The Kier molecular flexibility index (Phi) is 12.6. The quantitative estimate of drug-likeness (QED) is 0.0447. The lowest BCUT2D eigenvalue weighted by Gasteiger charge is -2.47. The molecule has 6 unspecified atom stereocenters. The minimum absolute atomic E-state index is 0.0344. The first-order chi connectivity index (χ1) is 19.8. The summed E-state index contributed by atoms with van der Waals surface area (Å²) in [5, 5.41) is 51.6. The van der Waals surface area contributed by atoms with E-state index in [9.17, 15) is 30.4 Å². The monoisotopic (exact) mass is 612 g/mol. The fourth-order valence-corrected chi connectivity index (χ4v) is 5.50. The lowest BCUT2D eigenvalue weighted by atomic mass is 9.78. The van der Waals surface area contributed by atoms with Crippen LogP contribution in [0.3, 0.4) is 0 Å². The molecule has 0 radical (unpaired) electrons. The number of alkyl halides is 1. The zero-order valence-electron chi connectivity index (χ0n) is 23.0. The van der Waals surface area contributed by atoms with E-state index in [2.05, 4.69) is 4.99 Å². The molecule has 2 saturated heterocycles. The smallest absolute Gasteiger partial charge is 0.246 e. The molecule has 2 aliphatic heterocycles. The number of hydrogen-bond donors (Lipinski definition) is 11. The molecule has 3 aliphatic rings. The SMILES string of the molecule is NCCN(O)C(=O)C[C@@H]1CC(N)[C@@H](O[C@H]2OC(CN)[C@@H](O)CC2N)[C@H](F)C1OC1O[C@H](CO)[C@@H](O)C(N=C(N)N)[C@H]1O. The molecule has 0 aromatic carbocycles. The van der Waals surface area contributed by atoms with Gasteiger partial charge >= 0.3 is 0 Å². The first kappa shape index (κ1) is 34.6. The molecule has 0 aromatic rings. The van der Waals surface area contributed by atoms with Gasteiger partial charge in [-0.05, 0) is 18.8 Å². The second-order valence-electron chi connectivity index (χ2n) is 10.8. The van der Waals surface area contributed by atoms with Crippen molar-refractivity contribution in [3.63, 3.8) is 0 Å².